The molecule has 0 fully saturated rings. The van der Waals surface area contributed by atoms with Crippen LogP contribution in [0.15, 0.2) is 39.3 Å². The molecule has 0 saturated carbocycles. The van der Waals surface area contributed by atoms with Crippen LogP contribution in [0, 0.1) is 19.7 Å². The van der Waals surface area contributed by atoms with E-state index < -0.39 is 0 Å². The van der Waals surface area contributed by atoms with Gasteiger partial charge in [0.15, 0.2) is 0 Å². The van der Waals surface area contributed by atoms with Crippen molar-refractivity contribution in [1.82, 2.24) is 0 Å². The third-order valence-electron chi connectivity index (χ3n) is 3.00. The molecule has 4 heteroatoms. The number of rotatable bonds is 2. The highest BCUT2D eigenvalue weighted by Gasteiger charge is 2.16. The summed E-state index contributed by atoms with van der Waals surface area (Å²) in [7, 11) is 0. The van der Waals surface area contributed by atoms with Gasteiger partial charge in [-0.2, -0.15) is 0 Å². The van der Waals surface area contributed by atoms with Crippen molar-refractivity contribution in [2.45, 2.75) is 19.2 Å². The first-order valence-corrected chi connectivity index (χ1v) is 7.77. The quantitative estimate of drug-likeness (QED) is 0.514. The van der Waals surface area contributed by atoms with Crippen LogP contribution in [-0.2, 0) is 0 Å². The number of halogens is 4. The normalized spacial score (nSPS) is 12.5. The molecule has 0 aliphatic heterocycles. The Morgan fingerprint density at radius 2 is 1.68 bits per heavy atom. The maximum atomic E-state index is 13.5. The number of benzene rings is 2. The van der Waals surface area contributed by atoms with Crippen molar-refractivity contribution in [3.8, 4) is 0 Å². The fraction of sp³-hybridized carbons (Fsp3) is 0.200. The lowest BCUT2D eigenvalue weighted by atomic mass is 9.98. The molecular weight excluding hydrogens is 394 g/mol. The van der Waals surface area contributed by atoms with Gasteiger partial charge in [-0.05, 0) is 60.4 Å². The van der Waals surface area contributed by atoms with Crippen molar-refractivity contribution in [3.05, 3.63) is 67.3 Å². The molecule has 0 bridgehead atoms. The molecule has 0 spiro atoms. The van der Waals surface area contributed by atoms with E-state index in [-0.39, 0.29) is 11.2 Å². The zero-order valence-corrected chi connectivity index (χ0v) is 14.4. The molecule has 0 radical (unpaired) electrons. The third kappa shape index (κ3) is 3.39. The molecule has 0 nitrogen and oxygen atoms in total. The Hall–Kier alpha value is -0.380. The molecule has 0 aliphatic rings. The average molecular weight is 407 g/mol. The molecule has 0 amide bonds. The summed E-state index contributed by atoms with van der Waals surface area (Å²) in [5.74, 6) is -0.290. The van der Waals surface area contributed by atoms with Crippen LogP contribution in [0.25, 0.3) is 0 Å². The van der Waals surface area contributed by atoms with E-state index in [4.69, 9.17) is 11.6 Å². The maximum absolute atomic E-state index is 13.5. The van der Waals surface area contributed by atoms with Gasteiger partial charge in [0.1, 0.15) is 5.82 Å². The van der Waals surface area contributed by atoms with Crippen molar-refractivity contribution < 1.29 is 4.39 Å². The lowest BCUT2D eigenvalue weighted by Gasteiger charge is -2.15. The molecule has 0 N–H and O–H groups in total. The van der Waals surface area contributed by atoms with Crippen molar-refractivity contribution in [3.63, 3.8) is 0 Å². The minimum Gasteiger partial charge on any atom is -0.207 e. The van der Waals surface area contributed by atoms with Crippen LogP contribution in [0.1, 0.15) is 27.6 Å². The van der Waals surface area contributed by atoms with Gasteiger partial charge in [0.2, 0.25) is 0 Å². The van der Waals surface area contributed by atoms with Gasteiger partial charge in [-0.15, -0.1) is 11.6 Å². The fourth-order valence-corrected chi connectivity index (χ4v) is 3.28. The molecule has 2 aromatic rings. The Kier molecular flexibility index (Phi) is 4.70. The van der Waals surface area contributed by atoms with Gasteiger partial charge in [0.25, 0.3) is 0 Å². The molecule has 100 valence electrons. The largest absolute Gasteiger partial charge is 0.207 e. The van der Waals surface area contributed by atoms with Gasteiger partial charge in [-0.3, -0.25) is 0 Å². The first-order valence-electron chi connectivity index (χ1n) is 5.75. The van der Waals surface area contributed by atoms with Gasteiger partial charge >= 0.3 is 0 Å². The van der Waals surface area contributed by atoms with Gasteiger partial charge in [0.05, 0.1) is 5.38 Å². The summed E-state index contributed by atoms with van der Waals surface area (Å²) in [6.45, 7) is 4.02. The van der Waals surface area contributed by atoms with E-state index in [1.165, 1.54) is 12.1 Å². The summed E-state index contributed by atoms with van der Waals surface area (Å²) in [6, 6.07) is 8.81. The van der Waals surface area contributed by atoms with Crippen LogP contribution in [0.4, 0.5) is 4.39 Å². The Balaban J connectivity index is 2.49. The molecule has 1 atom stereocenters. The molecule has 0 aliphatic carbocycles. The van der Waals surface area contributed by atoms with E-state index in [0.29, 0.717) is 4.47 Å². The second-order valence-corrected chi connectivity index (χ2v) is 6.73. The second kappa shape index (κ2) is 5.94. The third-order valence-corrected chi connectivity index (χ3v) is 4.80. The lowest BCUT2D eigenvalue weighted by molar-refractivity contribution is 0.625. The smallest absolute Gasteiger partial charge is 0.124 e. The van der Waals surface area contributed by atoms with Gasteiger partial charge in [-0.1, -0.05) is 37.9 Å². The van der Waals surface area contributed by atoms with Crippen molar-refractivity contribution in [2.24, 2.45) is 0 Å². The Bertz CT molecular complexity index is 606. The standard InChI is InChI=1S/C15H12Br2ClF/c1-8-4-14(17)9(2)3-13(8)15(18)10-5-11(16)7-12(19)6-10/h3-7,15H,1-2H3. The van der Waals surface area contributed by atoms with Crippen molar-refractivity contribution >= 4 is 43.5 Å². The summed E-state index contributed by atoms with van der Waals surface area (Å²) < 4.78 is 15.2. The van der Waals surface area contributed by atoms with E-state index >= 15 is 0 Å². The molecule has 0 aromatic heterocycles. The number of hydrogen-bond donors (Lipinski definition) is 0. The van der Waals surface area contributed by atoms with Crippen LogP contribution in [0.3, 0.4) is 0 Å². The second-order valence-electron chi connectivity index (χ2n) is 4.52. The van der Waals surface area contributed by atoms with E-state index in [9.17, 15) is 4.39 Å². The summed E-state index contributed by atoms with van der Waals surface area (Å²) >= 11 is 13.3. The SMILES string of the molecule is Cc1cc(C(Cl)c2cc(F)cc(Br)c2)c(C)cc1Br. The van der Waals surface area contributed by atoms with Crippen molar-refractivity contribution in [1.29, 1.82) is 0 Å². The van der Waals surface area contributed by atoms with Gasteiger partial charge < -0.3 is 0 Å². The minimum atomic E-state index is -0.362. The summed E-state index contributed by atoms with van der Waals surface area (Å²) in [5.41, 5.74) is 3.94. The molecule has 1 unspecified atom stereocenters. The molecule has 2 rings (SSSR count). The summed E-state index contributed by atoms with van der Waals surface area (Å²) in [4.78, 5) is 0. The average Bonchev–Trinajstić information content (AvgIpc) is 2.31. The molecule has 0 heterocycles. The predicted octanol–water partition coefficient (Wildman–Crippen LogP) is 6.30. The van der Waals surface area contributed by atoms with Crippen LogP contribution in [0.2, 0.25) is 0 Å². The van der Waals surface area contributed by atoms with Gasteiger partial charge in [-0.25, -0.2) is 4.39 Å². The Morgan fingerprint density at radius 1 is 1.00 bits per heavy atom. The molecular formula is C15H12Br2ClF. The van der Waals surface area contributed by atoms with Crippen LogP contribution >= 0.6 is 43.5 Å². The topological polar surface area (TPSA) is 0 Å². The first kappa shape index (κ1) is 15.0. The van der Waals surface area contributed by atoms with Crippen LogP contribution in [0.5, 0.6) is 0 Å². The highest BCUT2D eigenvalue weighted by molar-refractivity contribution is 9.10. The molecule has 0 saturated heterocycles. The number of alkyl halides is 1. The Labute approximate surface area is 134 Å². The molecule has 19 heavy (non-hydrogen) atoms. The number of hydrogen-bond acceptors (Lipinski definition) is 0. The summed E-state index contributed by atoms with van der Waals surface area (Å²) in [6.07, 6.45) is 0. The molecule has 2 aromatic carbocycles. The maximum Gasteiger partial charge on any atom is 0.124 e. The van der Waals surface area contributed by atoms with E-state index in [2.05, 4.69) is 31.9 Å². The van der Waals surface area contributed by atoms with Crippen molar-refractivity contribution in [2.75, 3.05) is 0 Å². The Morgan fingerprint density at radius 3 is 2.32 bits per heavy atom. The number of aryl methyl sites for hydroxylation is 2. The highest BCUT2D eigenvalue weighted by Crippen LogP contribution is 2.35. The fourth-order valence-electron chi connectivity index (χ4n) is 1.98. The van der Waals surface area contributed by atoms with Gasteiger partial charge in [0, 0.05) is 8.95 Å². The first-order chi connectivity index (χ1) is 8.88. The van der Waals surface area contributed by atoms with E-state index in [0.717, 1.165) is 26.7 Å². The van der Waals surface area contributed by atoms with Crippen LogP contribution < -0.4 is 0 Å². The lowest BCUT2D eigenvalue weighted by Crippen LogP contribution is -1.98. The zero-order chi connectivity index (χ0) is 14.2. The minimum absolute atomic E-state index is 0.290. The monoisotopic (exact) mass is 404 g/mol. The van der Waals surface area contributed by atoms with E-state index in [1.807, 2.05) is 32.0 Å². The zero-order valence-electron chi connectivity index (χ0n) is 10.5. The predicted molar refractivity (Wildman–Crippen MR) is 85.4 cm³/mol. The van der Waals surface area contributed by atoms with E-state index in [1.54, 1.807) is 0 Å². The van der Waals surface area contributed by atoms with Crippen LogP contribution in [-0.4, -0.2) is 0 Å². The highest BCUT2D eigenvalue weighted by atomic mass is 79.9. The summed E-state index contributed by atoms with van der Waals surface area (Å²) in [5, 5.41) is -0.362.